The molecule has 0 saturated carbocycles. The summed E-state index contributed by atoms with van der Waals surface area (Å²) in [6, 6.07) is 8.20. The summed E-state index contributed by atoms with van der Waals surface area (Å²) in [6.45, 7) is 7.87. The number of carbonyl (C=O) groups is 1. The summed E-state index contributed by atoms with van der Waals surface area (Å²) >= 11 is 0. The van der Waals surface area contributed by atoms with Gasteiger partial charge in [0.05, 0.1) is 6.54 Å². The number of hydrogen-bond donors (Lipinski definition) is 2. The Balaban J connectivity index is 0. The molecule has 0 aliphatic heterocycles. The van der Waals surface area contributed by atoms with Gasteiger partial charge in [0.1, 0.15) is 0 Å². The molecule has 20 heavy (non-hydrogen) atoms. The highest BCUT2D eigenvalue weighted by Gasteiger charge is 2.06. The van der Waals surface area contributed by atoms with E-state index in [4.69, 9.17) is 5.73 Å². The van der Waals surface area contributed by atoms with E-state index in [1.807, 2.05) is 12.1 Å². The van der Waals surface area contributed by atoms with E-state index in [2.05, 4.69) is 36.2 Å². The van der Waals surface area contributed by atoms with Gasteiger partial charge in [-0.2, -0.15) is 0 Å². The summed E-state index contributed by atoms with van der Waals surface area (Å²) in [5.74, 6) is -0.118. The molecule has 6 heteroatoms. The SMILES string of the molecule is CCN(CC)Cc1ccccc1CNC(=O)CN.Cl.Cl. The highest BCUT2D eigenvalue weighted by molar-refractivity contribution is 5.85. The van der Waals surface area contributed by atoms with E-state index in [1.165, 1.54) is 5.56 Å². The van der Waals surface area contributed by atoms with Crippen molar-refractivity contribution in [2.75, 3.05) is 19.6 Å². The van der Waals surface area contributed by atoms with Crippen LogP contribution in [0.5, 0.6) is 0 Å². The molecule has 1 aromatic rings. The molecule has 1 rings (SSSR count). The number of benzene rings is 1. The van der Waals surface area contributed by atoms with Crippen LogP contribution in [0.15, 0.2) is 24.3 Å². The fraction of sp³-hybridized carbons (Fsp3) is 0.500. The molecule has 0 bridgehead atoms. The van der Waals surface area contributed by atoms with Crippen LogP contribution in [-0.2, 0) is 17.9 Å². The fourth-order valence-corrected chi connectivity index (χ4v) is 1.84. The van der Waals surface area contributed by atoms with Crippen LogP contribution in [-0.4, -0.2) is 30.4 Å². The van der Waals surface area contributed by atoms with Gasteiger partial charge in [0.2, 0.25) is 5.91 Å². The molecular weight excluding hydrogens is 297 g/mol. The van der Waals surface area contributed by atoms with Gasteiger partial charge in [-0.25, -0.2) is 0 Å². The Morgan fingerprint density at radius 1 is 1.15 bits per heavy atom. The molecule has 0 spiro atoms. The van der Waals surface area contributed by atoms with Crippen LogP contribution in [0.1, 0.15) is 25.0 Å². The monoisotopic (exact) mass is 321 g/mol. The smallest absolute Gasteiger partial charge is 0.234 e. The minimum absolute atomic E-state index is 0. The van der Waals surface area contributed by atoms with Gasteiger partial charge in [-0.1, -0.05) is 38.1 Å². The average molecular weight is 322 g/mol. The molecule has 0 unspecified atom stereocenters. The van der Waals surface area contributed by atoms with Gasteiger partial charge in [-0.15, -0.1) is 24.8 Å². The van der Waals surface area contributed by atoms with Crippen molar-refractivity contribution in [2.45, 2.75) is 26.9 Å². The van der Waals surface area contributed by atoms with E-state index >= 15 is 0 Å². The number of rotatable bonds is 7. The maximum absolute atomic E-state index is 11.2. The maximum Gasteiger partial charge on any atom is 0.234 e. The van der Waals surface area contributed by atoms with E-state index in [0.717, 1.165) is 25.2 Å². The van der Waals surface area contributed by atoms with Crippen LogP contribution >= 0.6 is 24.8 Å². The van der Waals surface area contributed by atoms with E-state index in [0.29, 0.717) is 6.54 Å². The molecule has 0 atom stereocenters. The topological polar surface area (TPSA) is 58.4 Å². The third kappa shape index (κ3) is 7.10. The lowest BCUT2D eigenvalue weighted by Gasteiger charge is -2.20. The maximum atomic E-state index is 11.2. The summed E-state index contributed by atoms with van der Waals surface area (Å²) in [4.78, 5) is 13.5. The molecule has 1 amide bonds. The highest BCUT2D eigenvalue weighted by Crippen LogP contribution is 2.11. The Bertz CT molecular complexity index is 384. The lowest BCUT2D eigenvalue weighted by atomic mass is 10.1. The van der Waals surface area contributed by atoms with Gasteiger partial charge in [0.15, 0.2) is 0 Å². The highest BCUT2D eigenvalue weighted by atomic mass is 35.5. The summed E-state index contributed by atoms with van der Waals surface area (Å²) in [6.07, 6.45) is 0. The predicted molar refractivity (Wildman–Crippen MR) is 88.5 cm³/mol. The third-order valence-electron chi connectivity index (χ3n) is 3.07. The zero-order valence-electron chi connectivity index (χ0n) is 12.1. The largest absolute Gasteiger partial charge is 0.351 e. The standard InChI is InChI=1S/C14H23N3O.2ClH/c1-3-17(4-2)11-13-8-6-5-7-12(13)10-16-14(18)9-15;;/h5-8H,3-4,9-11,15H2,1-2H3,(H,16,18);2*1H. The molecule has 0 saturated heterocycles. The second-order valence-electron chi connectivity index (χ2n) is 4.21. The predicted octanol–water partition coefficient (Wildman–Crippen LogP) is 1.95. The van der Waals surface area contributed by atoms with Crippen LogP contribution in [0.4, 0.5) is 0 Å². The molecule has 0 fully saturated rings. The molecule has 0 heterocycles. The third-order valence-corrected chi connectivity index (χ3v) is 3.07. The van der Waals surface area contributed by atoms with Crippen molar-refractivity contribution in [3.63, 3.8) is 0 Å². The van der Waals surface area contributed by atoms with Crippen molar-refractivity contribution in [3.8, 4) is 0 Å². The Kier molecular flexibility index (Phi) is 12.9. The van der Waals surface area contributed by atoms with Gasteiger partial charge >= 0.3 is 0 Å². The van der Waals surface area contributed by atoms with Crippen LogP contribution in [0, 0.1) is 0 Å². The number of halogens is 2. The molecule has 4 nitrogen and oxygen atoms in total. The molecule has 1 aromatic carbocycles. The summed E-state index contributed by atoms with van der Waals surface area (Å²) in [7, 11) is 0. The molecule has 3 N–H and O–H groups in total. The Morgan fingerprint density at radius 3 is 2.20 bits per heavy atom. The molecule has 0 aliphatic carbocycles. The Hall–Kier alpha value is -0.810. The first-order valence-corrected chi connectivity index (χ1v) is 6.47. The zero-order chi connectivity index (χ0) is 13.4. The number of nitrogens with two attached hydrogens (primary N) is 1. The van der Waals surface area contributed by atoms with Crippen LogP contribution in [0.25, 0.3) is 0 Å². The van der Waals surface area contributed by atoms with Gasteiger partial charge in [0, 0.05) is 13.1 Å². The molecular formula is C14H25Cl2N3O. The number of amides is 1. The minimum atomic E-state index is -0.118. The second kappa shape index (κ2) is 12.0. The minimum Gasteiger partial charge on any atom is -0.351 e. The second-order valence-corrected chi connectivity index (χ2v) is 4.21. The van der Waals surface area contributed by atoms with E-state index in [9.17, 15) is 4.79 Å². The van der Waals surface area contributed by atoms with Crippen molar-refractivity contribution < 1.29 is 4.79 Å². The zero-order valence-corrected chi connectivity index (χ0v) is 13.7. The van der Waals surface area contributed by atoms with Gasteiger partial charge < -0.3 is 11.1 Å². The first kappa shape index (κ1) is 21.5. The van der Waals surface area contributed by atoms with Crippen molar-refractivity contribution >= 4 is 30.7 Å². The molecule has 116 valence electrons. The first-order valence-electron chi connectivity index (χ1n) is 6.47. The molecule has 0 radical (unpaired) electrons. The lowest BCUT2D eigenvalue weighted by Crippen LogP contribution is -2.30. The van der Waals surface area contributed by atoms with Gasteiger partial charge in [0.25, 0.3) is 0 Å². The molecule has 0 aromatic heterocycles. The first-order chi connectivity index (χ1) is 8.71. The van der Waals surface area contributed by atoms with Crippen LogP contribution < -0.4 is 11.1 Å². The van der Waals surface area contributed by atoms with Gasteiger partial charge in [-0.3, -0.25) is 9.69 Å². The van der Waals surface area contributed by atoms with E-state index in [1.54, 1.807) is 0 Å². The number of nitrogens with zero attached hydrogens (tertiary/aromatic N) is 1. The number of carbonyl (C=O) groups excluding carboxylic acids is 1. The van der Waals surface area contributed by atoms with Crippen molar-refractivity contribution in [1.82, 2.24) is 10.2 Å². The number of nitrogens with one attached hydrogen (secondary N) is 1. The molecule has 0 aliphatic rings. The van der Waals surface area contributed by atoms with Crippen molar-refractivity contribution in [3.05, 3.63) is 35.4 Å². The van der Waals surface area contributed by atoms with Crippen LogP contribution in [0.2, 0.25) is 0 Å². The van der Waals surface area contributed by atoms with E-state index < -0.39 is 0 Å². The lowest BCUT2D eigenvalue weighted by molar-refractivity contribution is -0.119. The van der Waals surface area contributed by atoms with Crippen molar-refractivity contribution in [1.29, 1.82) is 0 Å². The quantitative estimate of drug-likeness (QED) is 0.807. The average Bonchev–Trinajstić information content (AvgIpc) is 2.43. The fourth-order valence-electron chi connectivity index (χ4n) is 1.84. The summed E-state index contributed by atoms with van der Waals surface area (Å²) in [5, 5.41) is 2.82. The van der Waals surface area contributed by atoms with Crippen LogP contribution in [0.3, 0.4) is 0 Å². The normalized spacial score (nSPS) is 9.60. The van der Waals surface area contributed by atoms with Gasteiger partial charge in [-0.05, 0) is 24.2 Å². The van der Waals surface area contributed by atoms with Crippen molar-refractivity contribution in [2.24, 2.45) is 5.73 Å². The summed E-state index contributed by atoms with van der Waals surface area (Å²) < 4.78 is 0. The number of hydrogen-bond acceptors (Lipinski definition) is 3. The van der Waals surface area contributed by atoms with E-state index in [-0.39, 0.29) is 37.3 Å². The Morgan fingerprint density at radius 2 is 1.70 bits per heavy atom. The summed E-state index contributed by atoms with van der Waals surface area (Å²) in [5.41, 5.74) is 7.70. The Labute approximate surface area is 133 Å².